The van der Waals surface area contributed by atoms with Gasteiger partial charge in [-0.25, -0.2) is 0 Å². The number of halogens is 1. The molecule has 2 rings (SSSR count). The quantitative estimate of drug-likeness (QED) is 0.856. The zero-order valence-corrected chi connectivity index (χ0v) is 10.2. The normalized spacial score (nSPS) is 28.3. The van der Waals surface area contributed by atoms with Gasteiger partial charge >= 0.3 is 0 Å². The fourth-order valence-corrected chi connectivity index (χ4v) is 1.91. The average molecular weight is 260 g/mol. The Bertz CT molecular complexity index is 419. The molecule has 0 saturated carbocycles. The van der Waals surface area contributed by atoms with E-state index in [0.717, 1.165) is 0 Å². The predicted octanol–water partition coefficient (Wildman–Crippen LogP) is 1.20. The molecule has 1 aliphatic heterocycles. The number of rotatable bonds is 3. The van der Waals surface area contributed by atoms with Crippen molar-refractivity contribution < 1.29 is 19.1 Å². The molecule has 0 radical (unpaired) electrons. The summed E-state index contributed by atoms with van der Waals surface area (Å²) in [7, 11) is 0. The fraction of sp³-hybridized carbons (Fsp3) is 0.545. The van der Waals surface area contributed by atoms with Gasteiger partial charge in [-0.1, -0.05) is 0 Å². The lowest BCUT2D eigenvalue weighted by atomic mass is 9.97. The van der Waals surface area contributed by atoms with Crippen molar-refractivity contribution in [3.8, 4) is 0 Å². The van der Waals surface area contributed by atoms with Crippen LogP contribution >= 0.6 is 11.6 Å². The molecule has 0 aliphatic carbocycles. The van der Waals surface area contributed by atoms with E-state index in [1.54, 1.807) is 6.92 Å². The summed E-state index contributed by atoms with van der Waals surface area (Å²) in [6, 6.07) is 2.97. The molecule has 1 aliphatic rings. The molecule has 6 heteroatoms. The van der Waals surface area contributed by atoms with Gasteiger partial charge in [-0.15, -0.1) is 0 Å². The smallest absolute Gasteiger partial charge is 0.287 e. The Labute approximate surface area is 104 Å². The first-order valence-electron chi connectivity index (χ1n) is 5.39. The minimum Gasteiger partial charge on any atom is -0.440 e. The topological polar surface area (TPSA) is 71.7 Å². The predicted molar refractivity (Wildman–Crippen MR) is 61.0 cm³/mol. The number of carbonyl (C=O) groups excluding carboxylic acids is 1. The molecule has 2 heterocycles. The van der Waals surface area contributed by atoms with Crippen molar-refractivity contribution in [2.24, 2.45) is 0 Å². The van der Waals surface area contributed by atoms with E-state index in [0.29, 0.717) is 13.0 Å². The van der Waals surface area contributed by atoms with Crippen LogP contribution in [0.2, 0.25) is 5.22 Å². The molecule has 2 unspecified atom stereocenters. The first-order chi connectivity index (χ1) is 8.01. The van der Waals surface area contributed by atoms with Crippen LogP contribution in [0.15, 0.2) is 16.5 Å². The van der Waals surface area contributed by atoms with E-state index in [2.05, 4.69) is 5.32 Å². The highest BCUT2D eigenvalue weighted by atomic mass is 35.5. The number of hydrogen-bond donors (Lipinski definition) is 2. The highest BCUT2D eigenvalue weighted by molar-refractivity contribution is 6.29. The van der Waals surface area contributed by atoms with Crippen molar-refractivity contribution in [1.82, 2.24) is 5.32 Å². The Kier molecular flexibility index (Phi) is 3.42. The first kappa shape index (κ1) is 12.4. The molecule has 2 N–H and O–H groups in total. The monoisotopic (exact) mass is 259 g/mol. The Morgan fingerprint density at radius 3 is 3.00 bits per heavy atom. The molecule has 1 aromatic rings. The average Bonchev–Trinajstić information content (AvgIpc) is 2.84. The Morgan fingerprint density at radius 2 is 2.47 bits per heavy atom. The second-order valence-electron chi connectivity index (χ2n) is 4.15. The van der Waals surface area contributed by atoms with Crippen molar-refractivity contribution in [3.63, 3.8) is 0 Å². The minimum atomic E-state index is -1.01. The molecular weight excluding hydrogens is 246 g/mol. The van der Waals surface area contributed by atoms with Crippen LogP contribution in [-0.4, -0.2) is 35.9 Å². The molecule has 94 valence electrons. The molecule has 1 aromatic heterocycles. The Morgan fingerprint density at radius 1 is 1.71 bits per heavy atom. The summed E-state index contributed by atoms with van der Waals surface area (Å²) < 4.78 is 10.2. The molecule has 1 fully saturated rings. The fourth-order valence-electron chi connectivity index (χ4n) is 1.76. The van der Waals surface area contributed by atoms with E-state index in [9.17, 15) is 9.90 Å². The van der Waals surface area contributed by atoms with Gasteiger partial charge in [-0.05, 0) is 30.7 Å². The van der Waals surface area contributed by atoms with Crippen molar-refractivity contribution in [2.75, 3.05) is 13.2 Å². The van der Waals surface area contributed by atoms with Gasteiger partial charge in [-0.2, -0.15) is 0 Å². The van der Waals surface area contributed by atoms with E-state index in [-0.39, 0.29) is 23.6 Å². The third-order valence-corrected chi connectivity index (χ3v) is 3.21. The third kappa shape index (κ3) is 2.62. The lowest BCUT2D eigenvalue weighted by molar-refractivity contribution is -0.0252. The van der Waals surface area contributed by atoms with Gasteiger partial charge < -0.3 is 19.6 Å². The zero-order chi connectivity index (χ0) is 12.5. The molecule has 1 saturated heterocycles. The molecule has 5 nitrogen and oxygen atoms in total. The van der Waals surface area contributed by atoms with E-state index >= 15 is 0 Å². The molecule has 1 amide bonds. The van der Waals surface area contributed by atoms with Crippen LogP contribution in [0, 0.1) is 0 Å². The number of nitrogens with one attached hydrogen (secondary N) is 1. The zero-order valence-electron chi connectivity index (χ0n) is 9.40. The van der Waals surface area contributed by atoms with E-state index in [1.165, 1.54) is 12.1 Å². The molecule has 0 bridgehead atoms. The van der Waals surface area contributed by atoms with Crippen LogP contribution in [0.3, 0.4) is 0 Å². The van der Waals surface area contributed by atoms with Crippen LogP contribution in [0.1, 0.15) is 23.9 Å². The minimum absolute atomic E-state index is 0.130. The van der Waals surface area contributed by atoms with Gasteiger partial charge in [0.2, 0.25) is 0 Å². The van der Waals surface area contributed by atoms with E-state index < -0.39 is 11.5 Å². The lowest BCUT2D eigenvalue weighted by Gasteiger charge is -2.25. The highest BCUT2D eigenvalue weighted by Gasteiger charge is 2.39. The largest absolute Gasteiger partial charge is 0.440 e. The summed E-state index contributed by atoms with van der Waals surface area (Å²) in [5, 5.41) is 12.9. The van der Waals surface area contributed by atoms with Gasteiger partial charge in [0.05, 0.1) is 6.10 Å². The number of carbonyl (C=O) groups is 1. The van der Waals surface area contributed by atoms with Crippen LogP contribution in [-0.2, 0) is 4.74 Å². The number of aliphatic hydroxyl groups is 1. The summed E-state index contributed by atoms with van der Waals surface area (Å²) in [6.45, 7) is 2.41. The van der Waals surface area contributed by atoms with Crippen molar-refractivity contribution in [1.29, 1.82) is 0 Å². The second kappa shape index (κ2) is 4.68. The van der Waals surface area contributed by atoms with Crippen molar-refractivity contribution >= 4 is 17.5 Å². The molecule has 17 heavy (non-hydrogen) atoms. The molecular formula is C11H14ClNO4. The Balaban J connectivity index is 1.92. The van der Waals surface area contributed by atoms with Gasteiger partial charge in [-0.3, -0.25) is 4.79 Å². The number of amides is 1. The van der Waals surface area contributed by atoms with Gasteiger partial charge in [0.1, 0.15) is 5.60 Å². The van der Waals surface area contributed by atoms with Crippen molar-refractivity contribution in [2.45, 2.75) is 25.0 Å². The van der Waals surface area contributed by atoms with Gasteiger partial charge in [0.15, 0.2) is 11.0 Å². The summed E-state index contributed by atoms with van der Waals surface area (Å²) >= 11 is 5.57. The maximum atomic E-state index is 11.6. The molecule has 2 atom stereocenters. The van der Waals surface area contributed by atoms with Crippen LogP contribution < -0.4 is 5.32 Å². The first-order valence-corrected chi connectivity index (χ1v) is 5.76. The van der Waals surface area contributed by atoms with E-state index in [4.69, 9.17) is 20.8 Å². The van der Waals surface area contributed by atoms with Crippen LogP contribution in [0.4, 0.5) is 0 Å². The maximum absolute atomic E-state index is 11.6. The second-order valence-corrected chi connectivity index (χ2v) is 4.53. The van der Waals surface area contributed by atoms with Crippen LogP contribution in [0.5, 0.6) is 0 Å². The lowest BCUT2D eigenvalue weighted by Crippen LogP contribution is -2.47. The summed E-state index contributed by atoms with van der Waals surface area (Å²) in [6.07, 6.45) is 0.218. The Hall–Kier alpha value is -1.04. The maximum Gasteiger partial charge on any atom is 0.287 e. The SMILES string of the molecule is CC1OCCC1(O)CNC(=O)c1ccc(Cl)o1. The summed E-state index contributed by atoms with van der Waals surface area (Å²) in [5.74, 6) is -0.269. The highest BCUT2D eigenvalue weighted by Crippen LogP contribution is 2.24. The number of furan rings is 1. The third-order valence-electron chi connectivity index (χ3n) is 3.01. The van der Waals surface area contributed by atoms with Crippen LogP contribution in [0.25, 0.3) is 0 Å². The van der Waals surface area contributed by atoms with E-state index in [1.807, 2.05) is 0 Å². The van der Waals surface area contributed by atoms with Crippen molar-refractivity contribution in [3.05, 3.63) is 23.1 Å². The number of ether oxygens (including phenoxy) is 1. The number of hydrogen-bond acceptors (Lipinski definition) is 4. The molecule has 0 aromatic carbocycles. The summed E-state index contributed by atoms with van der Waals surface area (Å²) in [5.41, 5.74) is -1.01. The summed E-state index contributed by atoms with van der Waals surface area (Å²) in [4.78, 5) is 11.6. The van der Waals surface area contributed by atoms with Gasteiger partial charge in [0.25, 0.3) is 5.91 Å². The van der Waals surface area contributed by atoms with Gasteiger partial charge in [0, 0.05) is 19.6 Å². The standard InChI is InChI=1S/C11H14ClNO4/c1-7-11(15,4-5-16-7)6-13-10(14)8-2-3-9(12)17-8/h2-3,7,15H,4-6H2,1H3,(H,13,14). The molecule has 0 spiro atoms.